The average molecular weight is 456 g/mol. The first-order valence-corrected chi connectivity index (χ1v) is 10.4. The van der Waals surface area contributed by atoms with E-state index in [1.807, 2.05) is 32.9 Å². The Hall–Kier alpha value is -1.75. The lowest BCUT2D eigenvalue weighted by Gasteiger charge is -2.31. The molecule has 1 atom stereocenters. The summed E-state index contributed by atoms with van der Waals surface area (Å²) in [4.78, 5) is 27.4. The number of nitrogens with one attached hydrogen (secondary N) is 1. The maximum atomic E-state index is 13.1. The fourth-order valence-corrected chi connectivity index (χ4v) is 3.22. The number of carbonyl (C=O) groups is 2. The number of amides is 2. The van der Waals surface area contributed by atoms with E-state index >= 15 is 0 Å². The van der Waals surface area contributed by atoms with Gasteiger partial charge in [-0.1, -0.05) is 53.0 Å². The molecule has 0 heterocycles. The maximum absolute atomic E-state index is 13.1. The summed E-state index contributed by atoms with van der Waals surface area (Å²) >= 11 is 18.0. The van der Waals surface area contributed by atoms with Gasteiger partial charge in [-0.15, -0.1) is 0 Å². The second-order valence-electron chi connectivity index (χ2n) is 7.99. The smallest absolute Gasteiger partial charge is 0.242 e. The lowest BCUT2D eigenvalue weighted by molar-refractivity contribution is -0.140. The lowest BCUT2D eigenvalue weighted by Crippen LogP contribution is -2.52. The molecular weight excluding hydrogens is 431 g/mol. The second-order valence-corrected chi connectivity index (χ2v) is 9.24. The van der Waals surface area contributed by atoms with Crippen LogP contribution in [0.2, 0.25) is 15.1 Å². The molecule has 2 amide bonds. The van der Waals surface area contributed by atoms with Gasteiger partial charge in [0.2, 0.25) is 11.8 Å². The third-order valence-electron chi connectivity index (χ3n) is 4.27. The molecule has 1 N–H and O–H groups in total. The molecular formula is C22H25Cl3N2O2. The first-order chi connectivity index (χ1) is 13.5. The summed E-state index contributed by atoms with van der Waals surface area (Å²) in [5.41, 5.74) is 1.21. The quantitative estimate of drug-likeness (QED) is 0.623. The zero-order valence-electron chi connectivity index (χ0n) is 16.9. The summed E-state index contributed by atoms with van der Waals surface area (Å²) in [7, 11) is 0. The van der Waals surface area contributed by atoms with Crippen LogP contribution in [0.5, 0.6) is 0 Å². The minimum absolute atomic E-state index is 0.109. The predicted molar refractivity (Wildman–Crippen MR) is 120 cm³/mol. The van der Waals surface area contributed by atoms with E-state index in [0.29, 0.717) is 15.1 Å². The molecule has 2 aromatic carbocycles. The lowest BCUT2D eigenvalue weighted by atomic mass is 10.1. The molecule has 2 aromatic rings. The van der Waals surface area contributed by atoms with Gasteiger partial charge < -0.3 is 10.2 Å². The van der Waals surface area contributed by atoms with Gasteiger partial charge in [0.15, 0.2) is 0 Å². The molecule has 1 unspecified atom stereocenters. The van der Waals surface area contributed by atoms with Crippen LogP contribution < -0.4 is 5.32 Å². The Morgan fingerprint density at radius 2 is 1.55 bits per heavy atom. The van der Waals surface area contributed by atoms with Gasteiger partial charge >= 0.3 is 0 Å². The van der Waals surface area contributed by atoms with Crippen molar-refractivity contribution in [3.63, 3.8) is 0 Å². The number of benzene rings is 2. The van der Waals surface area contributed by atoms with E-state index in [0.717, 1.165) is 11.1 Å². The van der Waals surface area contributed by atoms with Crippen molar-refractivity contribution in [3.05, 3.63) is 68.7 Å². The van der Waals surface area contributed by atoms with Crippen molar-refractivity contribution in [1.82, 2.24) is 10.2 Å². The molecule has 0 aliphatic rings. The highest BCUT2D eigenvalue weighted by Crippen LogP contribution is 2.23. The molecule has 0 aliphatic carbocycles. The number of hydrogen-bond donors (Lipinski definition) is 1. The van der Waals surface area contributed by atoms with Crippen molar-refractivity contribution in [3.8, 4) is 0 Å². The van der Waals surface area contributed by atoms with E-state index in [2.05, 4.69) is 5.32 Å². The van der Waals surface area contributed by atoms with Crippen molar-refractivity contribution < 1.29 is 9.59 Å². The highest BCUT2D eigenvalue weighted by Gasteiger charge is 2.28. The first kappa shape index (κ1) is 23.5. The fourth-order valence-electron chi connectivity index (χ4n) is 2.77. The molecule has 0 saturated heterocycles. The number of rotatable bonds is 6. The van der Waals surface area contributed by atoms with Crippen LogP contribution in [-0.2, 0) is 22.6 Å². The summed E-state index contributed by atoms with van der Waals surface area (Å²) in [6, 6.07) is 11.6. The van der Waals surface area contributed by atoms with Crippen LogP contribution in [0.3, 0.4) is 0 Å². The second kappa shape index (κ2) is 9.84. The van der Waals surface area contributed by atoms with Gasteiger partial charge in [-0.2, -0.15) is 0 Å². The molecule has 0 radical (unpaired) electrons. The molecule has 0 fully saturated rings. The summed E-state index contributed by atoms with van der Waals surface area (Å²) < 4.78 is 0. The molecule has 0 aromatic heterocycles. The molecule has 7 heteroatoms. The van der Waals surface area contributed by atoms with Crippen molar-refractivity contribution in [2.45, 2.75) is 52.2 Å². The van der Waals surface area contributed by atoms with E-state index in [1.165, 1.54) is 0 Å². The average Bonchev–Trinajstić information content (AvgIpc) is 2.62. The van der Waals surface area contributed by atoms with Crippen LogP contribution in [0.4, 0.5) is 0 Å². The normalized spacial score (nSPS) is 12.4. The predicted octanol–water partition coefficient (Wildman–Crippen LogP) is 5.52. The number of nitrogens with zero attached hydrogens (tertiary/aromatic N) is 1. The van der Waals surface area contributed by atoms with Gasteiger partial charge in [-0.25, -0.2) is 0 Å². The molecule has 0 spiro atoms. The van der Waals surface area contributed by atoms with Gasteiger partial charge in [-0.05, 0) is 63.1 Å². The van der Waals surface area contributed by atoms with Crippen LogP contribution in [0.25, 0.3) is 0 Å². The number of hydrogen-bond acceptors (Lipinski definition) is 2. The van der Waals surface area contributed by atoms with Crippen LogP contribution >= 0.6 is 34.8 Å². The standard InChI is InChI=1S/C22H25Cl3N2O2/c1-14(21(29)26-22(2,3)4)27(13-15-5-8-17(23)9-6-15)20(28)12-16-7-10-18(24)19(25)11-16/h5-11,14H,12-13H2,1-4H3,(H,26,29). The minimum atomic E-state index is -0.653. The number of halogens is 3. The van der Waals surface area contributed by atoms with Gasteiger partial charge in [0.05, 0.1) is 16.5 Å². The fraction of sp³-hybridized carbons (Fsp3) is 0.364. The third-order valence-corrected chi connectivity index (χ3v) is 5.26. The summed E-state index contributed by atoms with van der Waals surface area (Å²) in [6.07, 6.45) is 0.109. The third kappa shape index (κ3) is 7.22. The van der Waals surface area contributed by atoms with Crippen molar-refractivity contribution in [2.75, 3.05) is 0 Å². The highest BCUT2D eigenvalue weighted by molar-refractivity contribution is 6.42. The summed E-state index contributed by atoms with van der Waals surface area (Å²) in [5.74, 6) is -0.399. The van der Waals surface area contributed by atoms with Crippen molar-refractivity contribution >= 4 is 46.6 Å². The Bertz CT molecular complexity index is 877. The molecule has 0 aliphatic heterocycles. The first-order valence-electron chi connectivity index (χ1n) is 9.26. The van der Waals surface area contributed by atoms with E-state index in [-0.39, 0.29) is 24.8 Å². The molecule has 4 nitrogen and oxygen atoms in total. The van der Waals surface area contributed by atoms with E-state index in [1.54, 1.807) is 42.2 Å². The largest absolute Gasteiger partial charge is 0.350 e. The van der Waals surface area contributed by atoms with Crippen LogP contribution in [0.15, 0.2) is 42.5 Å². The Balaban J connectivity index is 2.26. The van der Waals surface area contributed by atoms with Crippen molar-refractivity contribution in [2.24, 2.45) is 0 Å². The number of carbonyl (C=O) groups excluding carboxylic acids is 2. The Morgan fingerprint density at radius 3 is 2.10 bits per heavy atom. The van der Waals surface area contributed by atoms with Crippen LogP contribution in [0, 0.1) is 0 Å². The Morgan fingerprint density at radius 1 is 0.966 bits per heavy atom. The zero-order valence-corrected chi connectivity index (χ0v) is 19.2. The summed E-state index contributed by atoms with van der Waals surface area (Å²) in [5, 5.41) is 4.37. The minimum Gasteiger partial charge on any atom is -0.350 e. The highest BCUT2D eigenvalue weighted by atomic mass is 35.5. The maximum Gasteiger partial charge on any atom is 0.242 e. The van der Waals surface area contributed by atoms with E-state index in [4.69, 9.17) is 34.8 Å². The SMILES string of the molecule is CC(C(=O)NC(C)(C)C)N(Cc1ccc(Cl)cc1)C(=O)Cc1ccc(Cl)c(Cl)c1. The Labute approximate surface area is 187 Å². The monoisotopic (exact) mass is 454 g/mol. The molecule has 29 heavy (non-hydrogen) atoms. The molecule has 0 saturated carbocycles. The van der Waals surface area contributed by atoms with Gasteiger partial charge in [-0.3, -0.25) is 9.59 Å². The Kier molecular flexibility index (Phi) is 7.98. The topological polar surface area (TPSA) is 49.4 Å². The van der Waals surface area contributed by atoms with E-state index < -0.39 is 11.6 Å². The van der Waals surface area contributed by atoms with Gasteiger partial charge in [0.1, 0.15) is 6.04 Å². The van der Waals surface area contributed by atoms with Crippen molar-refractivity contribution in [1.29, 1.82) is 0 Å². The summed E-state index contributed by atoms with van der Waals surface area (Å²) in [6.45, 7) is 7.72. The molecule has 2 rings (SSSR count). The van der Waals surface area contributed by atoms with Gasteiger partial charge in [0.25, 0.3) is 0 Å². The van der Waals surface area contributed by atoms with Gasteiger partial charge in [0, 0.05) is 17.1 Å². The van der Waals surface area contributed by atoms with Crippen LogP contribution in [0.1, 0.15) is 38.8 Å². The molecule has 156 valence electrons. The van der Waals surface area contributed by atoms with E-state index in [9.17, 15) is 9.59 Å². The molecule has 0 bridgehead atoms. The zero-order chi connectivity index (χ0) is 21.8. The van der Waals surface area contributed by atoms with Crippen LogP contribution in [-0.4, -0.2) is 28.3 Å².